The minimum atomic E-state index is -0.648. The Bertz CT molecular complexity index is 2010. The number of halogens is 2. The largest absolute Gasteiger partial charge is 0.508 e. The van der Waals surface area contributed by atoms with E-state index >= 15 is 4.39 Å². The van der Waals surface area contributed by atoms with Gasteiger partial charge < -0.3 is 29.5 Å². The van der Waals surface area contributed by atoms with E-state index in [0.717, 1.165) is 51.9 Å². The number of anilines is 1. The molecule has 4 aliphatic heterocycles. The van der Waals surface area contributed by atoms with E-state index in [9.17, 15) is 9.50 Å². The minimum Gasteiger partial charge on any atom is -0.508 e. The standard InChI is InChI=1S/C37H37F2N5O4/c1-3-24-27(38)6-4-21-12-23(45)13-25(31(21)24)26-14-30-32-34(33(26)39)41-36(48-19-37(8-9-37)18-43-10-11-46-20(2)15-43)42-35(32)44-16-22-5-7-28(40-22)29(44)17-47-30/h1,4,6,12-14,20,22,28-29,40,45H,5,7-11,15-19H2,2H3/t20-,22-,28+,29-/m1/s1. The number of phenols is 1. The molecule has 2 N–H and O–H groups in total. The first-order valence-electron chi connectivity index (χ1n) is 16.9. The molecule has 11 heteroatoms. The van der Waals surface area contributed by atoms with Crippen molar-refractivity contribution in [2.24, 2.45) is 5.41 Å². The highest BCUT2D eigenvalue weighted by Crippen LogP contribution is 2.48. The van der Waals surface area contributed by atoms with E-state index in [1.165, 1.54) is 24.3 Å². The maximum atomic E-state index is 17.1. The molecule has 4 aromatic rings. The molecule has 4 fully saturated rings. The average Bonchev–Trinajstić information content (AvgIpc) is 3.76. The van der Waals surface area contributed by atoms with E-state index in [4.69, 9.17) is 30.6 Å². The fourth-order valence-electron chi connectivity index (χ4n) is 8.33. The molecule has 0 amide bonds. The van der Waals surface area contributed by atoms with Gasteiger partial charge in [0.1, 0.15) is 35.3 Å². The molecule has 1 saturated carbocycles. The van der Waals surface area contributed by atoms with Crippen LogP contribution in [-0.4, -0.2) is 90.2 Å². The Morgan fingerprint density at radius 1 is 1.12 bits per heavy atom. The number of rotatable bonds is 6. The summed E-state index contributed by atoms with van der Waals surface area (Å²) in [5.74, 6) is 2.09. The zero-order valence-corrected chi connectivity index (χ0v) is 26.8. The quantitative estimate of drug-likeness (QED) is 0.279. The maximum Gasteiger partial charge on any atom is 0.319 e. The number of ether oxygens (including phenoxy) is 3. The third-order valence-electron chi connectivity index (χ3n) is 10.9. The average molecular weight is 654 g/mol. The molecule has 0 unspecified atom stereocenters. The Balaban J connectivity index is 1.18. The Morgan fingerprint density at radius 3 is 2.81 bits per heavy atom. The van der Waals surface area contributed by atoms with Crippen LogP contribution in [0.4, 0.5) is 14.6 Å². The molecule has 9 rings (SSSR count). The van der Waals surface area contributed by atoms with Crippen LogP contribution in [0.5, 0.6) is 17.5 Å². The van der Waals surface area contributed by atoms with Crippen LogP contribution in [0.2, 0.25) is 0 Å². The normalized spacial score (nSPS) is 25.8. The number of benzene rings is 3. The van der Waals surface area contributed by atoms with Crippen molar-refractivity contribution in [2.75, 3.05) is 50.9 Å². The van der Waals surface area contributed by atoms with Crippen molar-refractivity contribution >= 4 is 27.5 Å². The summed E-state index contributed by atoms with van der Waals surface area (Å²) < 4.78 is 50.7. The molecule has 48 heavy (non-hydrogen) atoms. The lowest BCUT2D eigenvalue weighted by Crippen LogP contribution is -2.60. The number of nitrogens with one attached hydrogen (secondary N) is 1. The topological polar surface area (TPSA) is 92.2 Å². The number of morpholine rings is 1. The van der Waals surface area contributed by atoms with Gasteiger partial charge in [0.25, 0.3) is 0 Å². The highest BCUT2D eigenvalue weighted by Gasteiger charge is 2.46. The van der Waals surface area contributed by atoms with Gasteiger partial charge in [0.05, 0.1) is 36.3 Å². The number of phenolic OH excluding ortho intramolecular Hbond substituents is 1. The van der Waals surface area contributed by atoms with E-state index in [-0.39, 0.29) is 57.6 Å². The first-order chi connectivity index (χ1) is 23.3. The Morgan fingerprint density at radius 2 is 2.00 bits per heavy atom. The van der Waals surface area contributed by atoms with Crippen molar-refractivity contribution in [3.8, 4) is 41.0 Å². The molecule has 5 heterocycles. The fraction of sp³-hybridized carbons (Fsp3) is 0.459. The summed E-state index contributed by atoms with van der Waals surface area (Å²) >= 11 is 0. The van der Waals surface area contributed by atoms with E-state index in [0.29, 0.717) is 53.5 Å². The van der Waals surface area contributed by atoms with Gasteiger partial charge >= 0.3 is 6.01 Å². The lowest BCUT2D eigenvalue weighted by Gasteiger charge is -2.40. The van der Waals surface area contributed by atoms with E-state index in [1.807, 2.05) is 0 Å². The van der Waals surface area contributed by atoms with E-state index in [2.05, 4.69) is 28.0 Å². The minimum absolute atomic E-state index is 0.00890. The smallest absolute Gasteiger partial charge is 0.319 e. The van der Waals surface area contributed by atoms with E-state index < -0.39 is 11.6 Å². The molecule has 0 spiro atoms. The van der Waals surface area contributed by atoms with E-state index in [1.54, 1.807) is 6.07 Å². The number of aromatic nitrogens is 2. The zero-order valence-electron chi connectivity index (χ0n) is 26.8. The Kier molecular flexibility index (Phi) is 6.94. The third kappa shape index (κ3) is 4.92. The first-order valence-corrected chi connectivity index (χ1v) is 16.9. The van der Waals surface area contributed by atoms with Gasteiger partial charge in [0, 0.05) is 54.6 Å². The molecular formula is C37H37F2N5O4. The number of fused-ring (bicyclic) bond motifs is 6. The highest BCUT2D eigenvalue weighted by molar-refractivity contribution is 6.06. The number of nitrogens with zero attached hydrogens (tertiary/aromatic N) is 4. The van der Waals surface area contributed by atoms with Gasteiger partial charge in [-0.2, -0.15) is 9.97 Å². The van der Waals surface area contributed by atoms with Gasteiger partial charge in [0.15, 0.2) is 5.82 Å². The molecule has 0 radical (unpaired) electrons. The van der Waals surface area contributed by atoms with Crippen LogP contribution in [0, 0.1) is 29.4 Å². The Labute approximate surface area is 277 Å². The summed E-state index contributed by atoms with van der Waals surface area (Å²) in [5.41, 5.74) is 0.376. The monoisotopic (exact) mass is 653 g/mol. The SMILES string of the molecule is C#Cc1c(F)ccc2cc(O)cc(-c3cc4c5c(nc(OCC6(CN7CCO[C@H](C)C7)CC6)nc5c3F)N3C[C@H]5CC[C@H](N5)[C@H]3CO4)c12. The lowest BCUT2D eigenvalue weighted by molar-refractivity contribution is -0.0273. The summed E-state index contributed by atoms with van der Waals surface area (Å²) in [6.45, 7) is 6.99. The summed E-state index contributed by atoms with van der Waals surface area (Å²) in [6, 6.07) is 7.88. The van der Waals surface area contributed by atoms with Gasteiger partial charge in [-0.05, 0) is 67.8 Å². The van der Waals surface area contributed by atoms with Crippen molar-refractivity contribution in [3.05, 3.63) is 47.5 Å². The first kappa shape index (κ1) is 29.9. The summed E-state index contributed by atoms with van der Waals surface area (Å²) in [7, 11) is 0. The van der Waals surface area contributed by atoms with Crippen LogP contribution in [-0.2, 0) is 4.74 Å². The second kappa shape index (κ2) is 11.2. The van der Waals surface area contributed by atoms with Gasteiger partial charge in [-0.1, -0.05) is 12.0 Å². The molecule has 1 aromatic heterocycles. The van der Waals surface area contributed by atoms with Crippen LogP contribution in [0.3, 0.4) is 0 Å². The number of aromatic hydroxyl groups is 1. The number of terminal acetylenes is 1. The van der Waals surface area contributed by atoms with Gasteiger partial charge in [0.2, 0.25) is 0 Å². The molecule has 1 aliphatic carbocycles. The number of hydrogen-bond donors (Lipinski definition) is 2. The third-order valence-corrected chi connectivity index (χ3v) is 10.9. The molecule has 2 bridgehead atoms. The van der Waals surface area contributed by atoms with Crippen molar-refractivity contribution < 1.29 is 28.1 Å². The van der Waals surface area contributed by atoms with Crippen LogP contribution >= 0.6 is 0 Å². The molecule has 3 saturated heterocycles. The summed E-state index contributed by atoms with van der Waals surface area (Å²) in [4.78, 5) is 14.4. The van der Waals surface area contributed by atoms with Gasteiger partial charge in [-0.15, -0.1) is 6.42 Å². The maximum absolute atomic E-state index is 17.1. The van der Waals surface area contributed by atoms with Crippen LogP contribution in [0.15, 0.2) is 30.3 Å². The van der Waals surface area contributed by atoms with Crippen LogP contribution < -0.4 is 19.7 Å². The van der Waals surface area contributed by atoms with Crippen molar-refractivity contribution in [1.29, 1.82) is 0 Å². The van der Waals surface area contributed by atoms with Crippen LogP contribution in [0.25, 0.3) is 32.8 Å². The fourth-order valence-corrected chi connectivity index (χ4v) is 8.33. The van der Waals surface area contributed by atoms with Crippen molar-refractivity contribution in [1.82, 2.24) is 20.2 Å². The second-order valence-corrected chi connectivity index (χ2v) is 14.2. The summed E-state index contributed by atoms with van der Waals surface area (Å²) in [6.07, 6.45) is 10.1. The van der Waals surface area contributed by atoms with Crippen molar-refractivity contribution in [3.63, 3.8) is 0 Å². The zero-order chi connectivity index (χ0) is 32.7. The molecule has 248 valence electrons. The predicted molar refractivity (Wildman–Crippen MR) is 178 cm³/mol. The highest BCUT2D eigenvalue weighted by atomic mass is 19.1. The van der Waals surface area contributed by atoms with Crippen molar-refractivity contribution in [2.45, 2.75) is 56.8 Å². The van der Waals surface area contributed by atoms with Crippen LogP contribution in [0.1, 0.15) is 38.2 Å². The number of hydrogen-bond acceptors (Lipinski definition) is 9. The molecule has 4 atom stereocenters. The second-order valence-electron chi connectivity index (χ2n) is 14.2. The summed E-state index contributed by atoms with van der Waals surface area (Å²) in [5, 5.41) is 15.7. The molecule has 9 nitrogen and oxygen atoms in total. The van der Waals surface area contributed by atoms with Gasteiger partial charge in [-0.3, -0.25) is 4.90 Å². The Hall–Kier alpha value is -4.24. The molecular weight excluding hydrogens is 616 g/mol. The predicted octanol–water partition coefficient (Wildman–Crippen LogP) is 5.00. The molecule has 3 aromatic carbocycles. The number of piperazine rings is 1. The van der Waals surface area contributed by atoms with Gasteiger partial charge in [-0.25, -0.2) is 8.78 Å². The molecule has 5 aliphatic rings. The lowest BCUT2D eigenvalue weighted by atomic mass is 9.92.